The molecular weight excluding hydrogens is 222 g/mol. The molecule has 0 fully saturated rings. The van der Waals surface area contributed by atoms with Crippen LogP contribution in [0.15, 0.2) is 12.4 Å². The molecule has 0 spiro atoms. The van der Waals surface area contributed by atoms with Crippen molar-refractivity contribution in [3.8, 4) is 0 Å². The van der Waals surface area contributed by atoms with Crippen LogP contribution in [0, 0.1) is 11.3 Å². The molecule has 0 aromatic carbocycles. The first-order valence-electron chi connectivity index (χ1n) is 7.14. The summed E-state index contributed by atoms with van der Waals surface area (Å²) in [6.45, 7) is 15.6. The second-order valence-corrected chi connectivity index (χ2v) is 6.18. The van der Waals surface area contributed by atoms with Gasteiger partial charge in [0.2, 0.25) is 0 Å². The molecule has 0 aliphatic carbocycles. The zero-order chi connectivity index (χ0) is 13.8. The Morgan fingerprint density at radius 1 is 1.33 bits per heavy atom. The first kappa shape index (κ1) is 15.2. The van der Waals surface area contributed by atoms with Crippen LogP contribution in [0.2, 0.25) is 0 Å². The van der Waals surface area contributed by atoms with Crippen molar-refractivity contribution in [2.75, 3.05) is 6.54 Å². The summed E-state index contributed by atoms with van der Waals surface area (Å²) in [6, 6.07) is 0.360. The van der Waals surface area contributed by atoms with Gasteiger partial charge in [0.15, 0.2) is 0 Å². The topological polar surface area (TPSA) is 29.9 Å². The quantitative estimate of drug-likeness (QED) is 0.836. The van der Waals surface area contributed by atoms with Crippen molar-refractivity contribution in [1.82, 2.24) is 14.9 Å². The predicted molar refractivity (Wildman–Crippen MR) is 77.6 cm³/mol. The van der Waals surface area contributed by atoms with Crippen LogP contribution >= 0.6 is 0 Å². The van der Waals surface area contributed by atoms with E-state index in [9.17, 15) is 0 Å². The van der Waals surface area contributed by atoms with Crippen LogP contribution in [0.25, 0.3) is 0 Å². The fourth-order valence-electron chi connectivity index (χ4n) is 2.13. The van der Waals surface area contributed by atoms with Gasteiger partial charge in [-0.25, -0.2) is 4.98 Å². The first-order valence-corrected chi connectivity index (χ1v) is 7.14. The molecular formula is C15H29N3. The molecule has 1 rings (SSSR count). The van der Waals surface area contributed by atoms with E-state index in [4.69, 9.17) is 0 Å². The van der Waals surface area contributed by atoms with Crippen LogP contribution in [-0.4, -0.2) is 16.1 Å². The molecule has 0 saturated carbocycles. The highest BCUT2D eigenvalue weighted by atomic mass is 15.1. The molecule has 2 unspecified atom stereocenters. The Hall–Kier alpha value is -0.830. The van der Waals surface area contributed by atoms with E-state index in [1.165, 1.54) is 5.82 Å². The maximum Gasteiger partial charge on any atom is 0.125 e. The zero-order valence-corrected chi connectivity index (χ0v) is 12.8. The highest BCUT2D eigenvalue weighted by Gasteiger charge is 2.25. The van der Waals surface area contributed by atoms with E-state index < -0.39 is 0 Å². The molecule has 0 bridgehead atoms. The Labute approximate surface area is 112 Å². The monoisotopic (exact) mass is 251 g/mol. The van der Waals surface area contributed by atoms with E-state index in [-0.39, 0.29) is 0 Å². The highest BCUT2D eigenvalue weighted by Crippen LogP contribution is 2.32. The van der Waals surface area contributed by atoms with Crippen LogP contribution in [0.1, 0.15) is 59.8 Å². The third-order valence-corrected chi connectivity index (χ3v) is 3.92. The van der Waals surface area contributed by atoms with E-state index >= 15 is 0 Å². The summed E-state index contributed by atoms with van der Waals surface area (Å²) >= 11 is 0. The second-order valence-electron chi connectivity index (χ2n) is 6.18. The summed E-state index contributed by atoms with van der Waals surface area (Å²) < 4.78 is 2.24. The predicted octanol–water partition coefficient (Wildman–Crippen LogP) is 3.63. The minimum Gasteiger partial charge on any atom is -0.334 e. The van der Waals surface area contributed by atoms with Gasteiger partial charge in [-0.15, -0.1) is 0 Å². The summed E-state index contributed by atoms with van der Waals surface area (Å²) in [6.07, 6.45) is 5.11. The molecule has 0 aliphatic rings. The Balaban J connectivity index is 2.83. The van der Waals surface area contributed by atoms with Gasteiger partial charge in [-0.1, -0.05) is 34.6 Å². The van der Waals surface area contributed by atoms with E-state index in [1.807, 2.05) is 6.20 Å². The van der Waals surface area contributed by atoms with Gasteiger partial charge in [0.1, 0.15) is 5.82 Å². The third kappa shape index (κ3) is 3.84. The molecule has 2 atom stereocenters. The minimum atomic E-state index is 0.345. The maximum atomic E-state index is 4.54. The Bertz CT molecular complexity index is 349. The molecule has 3 nitrogen and oxygen atoms in total. The molecule has 1 aromatic rings. The fraction of sp³-hybridized carbons (Fsp3) is 0.800. The molecule has 1 N–H and O–H groups in total. The standard InChI is InChI=1S/C15H29N3/c1-7-16-13(11-12(3)15(4,5)6)14-17-9-10-18(14)8-2/h9-10,12-13,16H,7-8,11H2,1-6H3. The number of hydrogen-bond donors (Lipinski definition) is 1. The van der Waals surface area contributed by atoms with Gasteiger partial charge in [0, 0.05) is 18.9 Å². The summed E-state index contributed by atoms with van der Waals surface area (Å²) in [5, 5.41) is 3.58. The minimum absolute atomic E-state index is 0.345. The van der Waals surface area contributed by atoms with Crippen LogP contribution in [-0.2, 0) is 6.54 Å². The van der Waals surface area contributed by atoms with Crippen LogP contribution in [0.4, 0.5) is 0 Å². The number of nitrogens with one attached hydrogen (secondary N) is 1. The average Bonchev–Trinajstić information content (AvgIpc) is 2.74. The smallest absolute Gasteiger partial charge is 0.125 e. The summed E-state index contributed by atoms with van der Waals surface area (Å²) in [7, 11) is 0. The number of nitrogens with zero attached hydrogens (tertiary/aromatic N) is 2. The number of aromatic nitrogens is 2. The molecule has 0 radical (unpaired) electrons. The van der Waals surface area contributed by atoms with Crippen LogP contribution in [0.5, 0.6) is 0 Å². The van der Waals surface area contributed by atoms with Gasteiger partial charge in [0.05, 0.1) is 6.04 Å². The molecule has 3 heteroatoms. The van der Waals surface area contributed by atoms with Crippen molar-refractivity contribution < 1.29 is 0 Å². The van der Waals surface area contributed by atoms with E-state index in [1.54, 1.807) is 0 Å². The lowest BCUT2D eigenvalue weighted by Gasteiger charge is -2.31. The third-order valence-electron chi connectivity index (χ3n) is 3.92. The van der Waals surface area contributed by atoms with Gasteiger partial charge in [-0.05, 0) is 31.2 Å². The molecule has 1 heterocycles. The lowest BCUT2D eigenvalue weighted by atomic mass is 9.78. The molecule has 0 saturated heterocycles. The Morgan fingerprint density at radius 2 is 2.00 bits per heavy atom. The summed E-state index contributed by atoms with van der Waals surface area (Å²) in [5.74, 6) is 1.83. The highest BCUT2D eigenvalue weighted by molar-refractivity contribution is 5.00. The molecule has 1 aromatic heterocycles. The van der Waals surface area contributed by atoms with Crippen molar-refractivity contribution in [1.29, 1.82) is 0 Å². The van der Waals surface area contributed by atoms with E-state index in [0.717, 1.165) is 19.5 Å². The molecule has 18 heavy (non-hydrogen) atoms. The largest absolute Gasteiger partial charge is 0.334 e. The van der Waals surface area contributed by atoms with Gasteiger partial charge < -0.3 is 9.88 Å². The van der Waals surface area contributed by atoms with Crippen molar-refractivity contribution in [3.05, 3.63) is 18.2 Å². The second kappa shape index (κ2) is 6.37. The SMILES string of the molecule is CCNC(CC(C)C(C)(C)C)c1nccn1CC. The Kier molecular flexibility index (Phi) is 5.39. The van der Waals surface area contributed by atoms with Crippen molar-refractivity contribution in [3.63, 3.8) is 0 Å². The Morgan fingerprint density at radius 3 is 2.50 bits per heavy atom. The van der Waals surface area contributed by atoms with E-state index in [2.05, 4.69) is 62.6 Å². The lowest BCUT2D eigenvalue weighted by molar-refractivity contribution is 0.220. The zero-order valence-electron chi connectivity index (χ0n) is 12.8. The average molecular weight is 251 g/mol. The fourth-order valence-corrected chi connectivity index (χ4v) is 2.13. The van der Waals surface area contributed by atoms with E-state index in [0.29, 0.717) is 17.4 Å². The van der Waals surface area contributed by atoms with Gasteiger partial charge >= 0.3 is 0 Å². The van der Waals surface area contributed by atoms with Crippen LogP contribution < -0.4 is 5.32 Å². The van der Waals surface area contributed by atoms with Gasteiger partial charge in [-0.3, -0.25) is 0 Å². The van der Waals surface area contributed by atoms with Crippen molar-refractivity contribution in [2.45, 2.75) is 60.5 Å². The summed E-state index contributed by atoms with van der Waals surface area (Å²) in [5.41, 5.74) is 0.345. The van der Waals surface area contributed by atoms with Crippen molar-refractivity contribution in [2.24, 2.45) is 11.3 Å². The molecule has 104 valence electrons. The van der Waals surface area contributed by atoms with Crippen molar-refractivity contribution >= 4 is 0 Å². The first-order chi connectivity index (χ1) is 8.40. The summed E-state index contributed by atoms with van der Waals surface area (Å²) in [4.78, 5) is 4.54. The maximum absolute atomic E-state index is 4.54. The van der Waals surface area contributed by atoms with Crippen LogP contribution in [0.3, 0.4) is 0 Å². The number of aryl methyl sites for hydroxylation is 1. The number of imidazole rings is 1. The van der Waals surface area contributed by atoms with Gasteiger partial charge in [-0.2, -0.15) is 0 Å². The molecule has 0 aliphatic heterocycles. The normalized spacial score (nSPS) is 15.7. The lowest BCUT2D eigenvalue weighted by Crippen LogP contribution is -2.29. The van der Waals surface area contributed by atoms with Gasteiger partial charge in [0.25, 0.3) is 0 Å². The number of rotatable bonds is 6. The molecule has 0 amide bonds. The number of hydrogen-bond acceptors (Lipinski definition) is 2.